The van der Waals surface area contributed by atoms with E-state index in [9.17, 15) is 4.79 Å². The first kappa shape index (κ1) is 18.5. The van der Waals surface area contributed by atoms with Crippen molar-refractivity contribution in [1.29, 1.82) is 0 Å². The van der Waals surface area contributed by atoms with Crippen LogP contribution in [-0.2, 0) is 11.3 Å². The Morgan fingerprint density at radius 3 is 2.69 bits per heavy atom. The molecular formula is C22H19N3O4. The van der Waals surface area contributed by atoms with Crippen LogP contribution in [0.15, 0.2) is 71.3 Å². The fraction of sp³-hybridized carbons (Fsp3) is 0.136. The normalized spacial score (nSPS) is 10.7. The third-order valence-corrected chi connectivity index (χ3v) is 4.12. The van der Waals surface area contributed by atoms with Crippen LogP contribution in [0.25, 0.3) is 11.1 Å². The van der Waals surface area contributed by atoms with E-state index in [0.717, 1.165) is 17.0 Å². The van der Waals surface area contributed by atoms with Gasteiger partial charge in [-0.25, -0.2) is 14.8 Å². The molecule has 4 rings (SSSR count). The van der Waals surface area contributed by atoms with E-state index in [1.807, 2.05) is 55.5 Å². The second-order valence-electron chi connectivity index (χ2n) is 6.13. The average molecular weight is 389 g/mol. The molecule has 0 saturated carbocycles. The molecule has 0 saturated heterocycles. The van der Waals surface area contributed by atoms with Crippen molar-refractivity contribution in [2.75, 3.05) is 11.9 Å². The molecule has 0 radical (unpaired) electrons. The van der Waals surface area contributed by atoms with Gasteiger partial charge in [-0.2, -0.15) is 0 Å². The molecule has 0 aliphatic heterocycles. The highest BCUT2D eigenvalue weighted by atomic mass is 16.5. The molecule has 0 bridgehead atoms. The Bertz CT molecular complexity index is 1090. The van der Waals surface area contributed by atoms with Crippen molar-refractivity contribution in [2.45, 2.75) is 13.5 Å². The predicted molar refractivity (Wildman–Crippen MR) is 108 cm³/mol. The van der Waals surface area contributed by atoms with Gasteiger partial charge >= 0.3 is 5.97 Å². The van der Waals surface area contributed by atoms with Gasteiger partial charge in [0.1, 0.15) is 22.6 Å². The number of oxazole rings is 1. The number of para-hydroxylation sites is 2. The van der Waals surface area contributed by atoms with Gasteiger partial charge in [0.15, 0.2) is 12.2 Å². The number of rotatable bonds is 7. The molecule has 29 heavy (non-hydrogen) atoms. The summed E-state index contributed by atoms with van der Waals surface area (Å²) in [5, 5.41) is 3.14. The van der Waals surface area contributed by atoms with Crippen LogP contribution in [0.1, 0.15) is 23.2 Å². The maximum atomic E-state index is 12.6. The van der Waals surface area contributed by atoms with E-state index in [1.165, 1.54) is 0 Å². The molecule has 0 unspecified atom stereocenters. The summed E-state index contributed by atoms with van der Waals surface area (Å²) in [6.45, 7) is 2.47. The maximum absolute atomic E-state index is 12.6. The van der Waals surface area contributed by atoms with Crippen molar-refractivity contribution < 1.29 is 18.7 Å². The van der Waals surface area contributed by atoms with Gasteiger partial charge < -0.3 is 19.2 Å². The number of ether oxygens (including phenoxy) is 2. The van der Waals surface area contributed by atoms with Crippen LogP contribution in [0.3, 0.4) is 0 Å². The molecule has 2 heterocycles. The number of benzene rings is 2. The van der Waals surface area contributed by atoms with Crippen molar-refractivity contribution in [3.05, 3.63) is 78.3 Å². The van der Waals surface area contributed by atoms with Gasteiger partial charge in [0, 0.05) is 11.9 Å². The average Bonchev–Trinajstić information content (AvgIpc) is 3.17. The zero-order chi connectivity index (χ0) is 20.1. The van der Waals surface area contributed by atoms with Crippen molar-refractivity contribution in [1.82, 2.24) is 9.97 Å². The quantitative estimate of drug-likeness (QED) is 0.458. The Morgan fingerprint density at radius 2 is 1.90 bits per heavy atom. The van der Waals surface area contributed by atoms with Crippen LogP contribution in [0.4, 0.5) is 11.5 Å². The summed E-state index contributed by atoms with van der Waals surface area (Å²) in [5.74, 6) is 0.995. The monoisotopic (exact) mass is 389 g/mol. The lowest BCUT2D eigenvalue weighted by Crippen LogP contribution is -2.09. The Morgan fingerprint density at radius 1 is 1.07 bits per heavy atom. The fourth-order valence-electron chi connectivity index (χ4n) is 2.79. The van der Waals surface area contributed by atoms with Crippen LogP contribution in [0.5, 0.6) is 5.75 Å². The fourth-order valence-corrected chi connectivity index (χ4v) is 2.79. The van der Waals surface area contributed by atoms with Crippen LogP contribution in [-0.4, -0.2) is 22.5 Å². The molecule has 7 nitrogen and oxygen atoms in total. The first-order valence-corrected chi connectivity index (χ1v) is 9.19. The van der Waals surface area contributed by atoms with Gasteiger partial charge in [0.05, 0.1) is 6.61 Å². The van der Waals surface area contributed by atoms with Gasteiger partial charge in [-0.3, -0.25) is 0 Å². The van der Waals surface area contributed by atoms with E-state index in [-0.39, 0.29) is 6.61 Å². The van der Waals surface area contributed by atoms with Crippen molar-refractivity contribution in [3.63, 3.8) is 0 Å². The summed E-state index contributed by atoms with van der Waals surface area (Å²) in [5.41, 5.74) is 2.47. The van der Waals surface area contributed by atoms with Crippen molar-refractivity contribution >= 4 is 28.6 Å². The summed E-state index contributed by atoms with van der Waals surface area (Å²) in [6.07, 6.45) is 1.61. The molecule has 0 atom stereocenters. The van der Waals surface area contributed by atoms with Crippen LogP contribution in [0.2, 0.25) is 0 Å². The molecule has 0 spiro atoms. The number of carbonyl (C=O) groups excluding carboxylic acids is 1. The van der Waals surface area contributed by atoms with Gasteiger partial charge in [-0.15, -0.1) is 0 Å². The number of carbonyl (C=O) groups is 1. The van der Waals surface area contributed by atoms with Gasteiger partial charge in [-0.1, -0.05) is 12.1 Å². The molecule has 0 aliphatic carbocycles. The van der Waals surface area contributed by atoms with E-state index in [2.05, 4.69) is 15.3 Å². The highest BCUT2D eigenvalue weighted by molar-refractivity contribution is 5.95. The van der Waals surface area contributed by atoms with Gasteiger partial charge in [0.2, 0.25) is 5.89 Å². The molecule has 1 N–H and O–H groups in total. The zero-order valence-electron chi connectivity index (χ0n) is 15.8. The first-order valence-electron chi connectivity index (χ1n) is 9.19. The highest BCUT2D eigenvalue weighted by Crippen LogP contribution is 2.22. The Balaban J connectivity index is 1.45. The number of fused-ring (bicyclic) bond motifs is 1. The topological polar surface area (TPSA) is 86.5 Å². The third-order valence-electron chi connectivity index (χ3n) is 4.12. The minimum absolute atomic E-state index is 0.0646. The van der Waals surface area contributed by atoms with E-state index < -0.39 is 5.97 Å². The van der Waals surface area contributed by atoms with Gasteiger partial charge in [0.25, 0.3) is 0 Å². The highest BCUT2D eigenvalue weighted by Gasteiger charge is 2.16. The van der Waals surface area contributed by atoms with Crippen LogP contribution in [0, 0.1) is 0 Å². The SMILES string of the molecule is CCOc1ccc(Nc2ncccc2C(=O)OCc2nc3ccccc3o2)cc1. The Hall–Kier alpha value is -3.87. The lowest BCUT2D eigenvalue weighted by atomic mass is 10.2. The molecule has 2 aromatic carbocycles. The molecule has 4 aromatic rings. The lowest BCUT2D eigenvalue weighted by Gasteiger charge is -2.11. The summed E-state index contributed by atoms with van der Waals surface area (Å²) < 4.78 is 16.4. The minimum Gasteiger partial charge on any atom is -0.494 e. The van der Waals surface area contributed by atoms with Crippen molar-refractivity contribution in [3.8, 4) is 5.75 Å². The van der Waals surface area contributed by atoms with E-state index in [1.54, 1.807) is 18.3 Å². The molecule has 0 amide bonds. The summed E-state index contributed by atoms with van der Waals surface area (Å²) in [4.78, 5) is 21.2. The molecule has 2 aromatic heterocycles. The standard InChI is InChI=1S/C22H19N3O4/c1-2-27-16-11-9-15(10-12-16)24-21-17(6-5-13-23-21)22(26)28-14-20-25-18-7-3-4-8-19(18)29-20/h3-13H,2,14H2,1H3,(H,23,24). The predicted octanol–water partition coefficient (Wildman–Crippen LogP) is 4.72. The molecular weight excluding hydrogens is 370 g/mol. The lowest BCUT2D eigenvalue weighted by molar-refractivity contribution is 0.0441. The second kappa shape index (κ2) is 8.43. The molecule has 7 heteroatoms. The molecule has 0 fully saturated rings. The molecule has 0 aliphatic rings. The number of nitrogens with zero attached hydrogens (tertiary/aromatic N) is 2. The Labute approximate surface area is 167 Å². The molecule has 146 valence electrons. The van der Waals surface area contributed by atoms with Gasteiger partial charge in [-0.05, 0) is 55.5 Å². The number of aromatic nitrogens is 2. The number of esters is 1. The largest absolute Gasteiger partial charge is 0.494 e. The summed E-state index contributed by atoms with van der Waals surface area (Å²) >= 11 is 0. The number of hydrogen-bond acceptors (Lipinski definition) is 7. The minimum atomic E-state index is -0.520. The zero-order valence-corrected chi connectivity index (χ0v) is 15.8. The van der Waals surface area contributed by atoms with Crippen molar-refractivity contribution in [2.24, 2.45) is 0 Å². The number of pyridine rings is 1. The Kier molecular flexibility index (Phi) is 5.38. The smallest absolute Gasteiger partial charge is 0.342 e. The maximum Gasteiger partial charge on any atom is 0.342 e. The second-order valence-corrected chi connectivity index (χ2v) is 6.13. The van der Waals surface area contributed by atoms with E-state index in [0.29, 0.717) is 29.5 Å². The number of anilines is 2. The van der Waals surface area contributed by atoms with Crippen LogP contribution < -0.4 is 10.1 Å². The third kappa shape index (κ3) is 4.35. The van der Waals surface area contributed by atoms with E-state index >= 15 is 0 Å². The number of nitrogens with one attached hydrogen (secondary N) is 1. The first-order chi connectivity index (χ1) is 14.2. The number of hydrogen-bond donors (Lipinski definition) is 1. The summed E-state index contributed by atoms with van der Waals surface area (Å²) in [6, 6.07) is 18.1. The summed E-state index contributed by atoms with van der Waals surface area (Å²) in [7, 11) is 0. The van der Waals surface area contributed by atoms with E-state index in [4.69, 9.17) is 13.9 Å². The van der Waals surface area contributed by atoms with Crippen LogP contribution >= 0.6 is 0 Å².